The number of ether oxygens (including phenoxy) is 4. The molecule has 0 aliphatic carbocycles. The number of aromatic nitrogens is 2. The molecule has 31 heavy (non-hydrogen) atoms. The maximum absolute atomic E-state index is 13.2. The second-order valence-corrected chi connectivity index (χ2v) is 8.21. The number of morpholine rings is 1. The van der Waals surface area contributed by atoms with Gasteiger partial charge >= 0.3 is 0 Å². The number of benzene rings is 1. The molecule has 1 N–H and O–H groups in total. The first-order valence-corrected chi connectivity index (χ1v) is 10.9. The van der Waals surface area contributed by atoms with Crippen LogP contribution in [-0.4, -0.2) is 66.2 Å². The Bertz CT molecular complexity index is 1170. The van der Waals surface area contributed by atoms with E-state index in [2.05, 4.69) is 14.9 Å². The summed E-state index contributed by atoms with van der Waals surface area (Å²) in [5.74, 6) is 1.20. The quantitative estimate of drug-likeness (QED) is 0.570. The monoisotopic (exact) mass is 450 g/mol. The van der Waals surface area contributed by atoms with Crippen molar-refractivity contribution >= 4 is 32.8 Å². The number of anilines is 2. The molecule has 1 saturated heterocycles. The largest absolute Gasteiger partial charge is 0.496 e. The van der Waals surface area contributed by atoms with Crippen LogP contribution < -0.4 is 23.8 Å². The van der Waals surface area contributed by atoms with Gasteiger partial charge in [0.25, 0.3) is 15.7 Å². The average molecular weight is 450 g/mol. The molecule has 0 saturated carbocycles. The van der Waals surface area contributed by atoms with Crippen molar-refractivity contribution in [3.63, 3.8) is 0 Å². The van der Waals surface area contributed by atoms with Crippen LogP contribution in [0.25, 0.3) is 11.1 Å². The molecule has 4 rings (SSSR count). The molecule has 2 aromatic heterocycles. The van der Waals surface area contributed by atoms with Crippen molar-refractivity contribution in [3.8, 4) is 17.2 Å². The number of nitrogens with zero attached hydrogens (tertiary/aromatic N) is 3. The molecule has 12 heteroatoms. The third-order valence-electron chi connectivity index (χ3n) is 4.83. The van der Waals surface area contributed by atoms with Gasteiger partial charge in [-0.1, -0.05) is 11.2 Å². The minimum atomic E-state index is -4.15. The van der Waals surface area contributed by atoms with Gasteiger partial charge in [-0.2, -0.15) is 4.98 Å². The van der Waals surface area contributed by atoms with Crippen LogP contribution >= 0.6 is 0 Å². The lowest BCUT2D eigenvalue weighted by molar-refractivity contribution is 0.122. The third kappa shape index (κ3) is 3.91. The van der Waals surface area contributed by atoms with Gasteiger partial charge in [0, 0.05) is 19.2 Å². The SMILES string of the molecule is COc1cccc(OC)c1S(=O)(=O)Nc1noc2nc(N3CCOCC3)cc(OC)c12. The fourth-order valence-corrected chi connectivity index (χ4v) is 4.68. The third-order valence-corrected chi connectivity index (χ3v) is 6.24. The van der Waals surface area contributed by atoms with Crippen LogP contribution in [0.4, 0.5) is 11.6 Å². The van der Waals surface area contributed by atoms with E-state index in [9.17, 15) is 8.42 Å². The van der Waals surface area contributed by atoms with Crippen LogP contribution in [0.2, 0.25) is 0 Å². The molecule has 1 aromatic carbocycles. The summed E-state index contributed by atoms with van der Waals surface area (Å²) in [4.78, 5) is 6.34. The van der Waals surface area contributed by atoms with E-state index < -0.39 is 10.0 Å². The molecule has 0 spiro atoms. The van der Waals surface area contributed by atoms with Crippen molar-refractivity contribution in [2.45, 2.75) is 4.90 Å². The minimum absolute atomic E-state index is 0.0548. The number of sulfonamides is 1. The molecule has 1 aliphatic rings. The minimum Gasteiger partial charge on any atom is -0.496 e. The van der Waals surface area contributed by atoms with Gasteiger partial charge in [-0.25, -0.2) is 8.42 Å². The van der Waals surface area contributed by atoms with E-state index in [1.165, 1.54) is 33.5 Å². The van der Waals surface area contributed by atoms with Crippen molar-refractivity contribution in [2.24, 2.45) is 0 Å². The molecule has 1 fully saturated rings. The zero-order chi connectivity index (χ0) is 22.0. The Morgan fingerprint density at radius 1 is 1.03 bits per heavy atom. The fourth-order valence-electron chi connectivity index (χ4n) is 3.35. The molecule has 0 radical (unpaired) electrons. The maximum atomic E-state index is 13.2. The van der Waals surface area contributed by atoms with Gasteiger partial charge in [-0.3, -0.25) is 4.72 Å². The molecular formula is C19H22N4O7S. The van der Waals surface area contributed by atoms with E-state index >= 15 is 0 Å². The Morgan fingerprint density at radius 2 is 1.68 bits per heavy atom. The highest BCUT2D eigenvalue weighted by Crippen LogP contribution is 2.38. The number of pyridine rings is 1. The summed E-state index contributed by atoms with van der Waals surface area (Å²) in [5.41, 5.74) is 0.144. The highest BCUT2D eigenvalue weighted by Gasteiger charge is 2.28. The van der Waals surface area contributed by atoms with Gasteiger partial charge in [-0.05, 0) is 12.1 Å². The van der Waals surface area contributed by atoms with Crippen LogP contribution in [0.1, 0.15) is 0 Å². The Labute approximate surface area is 178 Å². The number of hydrogen-bond acceptors (Lipinski definition) is 10. The standard InChI is InChI=1S/C19H22N4O7S/c1-26-12-5-4-6-13(27-2)17(12)31(24,25)22-18-16-14(28-3)11-15(20-19(16)30-21-18)23-7-9-29-10-8-23/h4-6,11H,7-10H2,1-3H3,(H,21,22). The van der Waals surface area contributed by atoms with Crippen molar-refractivity contribution in [1.82, 2.24) is 10.1 Å². The number of fused-ring (bicyclic) bond motifs is 1. The average Bonchev–Trinajstić information content (AvgIpc) is 3.20. The van der Waals surface area contributed by atoms with Crippen molar-refractivity contribution in [3.05, 3.63) is 24.3 Å². The van der Waals surface area contributed by atoms with E-state index in [1.807, 2.05) is 4.90 Å². The summed E-state index contributed by atoms with van der Waals surface area (Å²) in [6.45, 7) is 2.51. The Morgan fingerprint density at radius 3 is 2.29 bits per heavy atom. The van der Waals surface area contributed by atoms with Gasteiger partial charge in [0.15, 0.2) is 10.7 Å². The van der Waals surface area contributed by atoms with Gasteiger partial charge in [-0.15, -0.1) is 0 Å². The van der Waals surface area contributed by atoms with Crippen molar-refractivity contribution in [1.29, 1.82) is 0 Å². The van der Waals surface area contributed by atoms with E-state index in [1.54, 1.807) is 12.1 Å². The van der Waals surface area contributed by atoms with Crippen LogP contribution in [0.15, 0.2) is 33.7 Å². The summed E-state index contributed by atoms with van der Waals surface area (Å²) >= 11 is 0. The first-order valence-electron chi connectivity index (χ1n) is 9.39. The van der Waals surface area contributed by atoms with Crippen LogP contribution in [0.5, 0.6) is 17.2 Å². The fraction of sp³-hybridized carbons (Fsp3) is 0.368. The van der Waals surface area contributed by atoms with Gasteiger partial charge in [0.05, 0.1) is 34.5 Å². The maximum Gasteiger partial charge on any atom is 0.270 e. The second-order valence-electron chi connectivity index (χ2n) is 6.59. The molecule has 0 amide bonds. The molecule has 3 heterocycles. The van der Waals surface area contributed by atoms with Crippen LogP contribution in [-0.2, 0) is 14.8 Å². The molecule has 1 aliphatic heterocycles. The summed E-state index contributed by atoms with van der Waals surface area (Å²) in [5, 5.41) is 4.18. The number of methoxy groups -OCH3 is 3. The van der Waals surface area contributed by atoms with E-state index in [0.717, 1.165) is 0 Å². The summed E-state index contributed by atoms with van der Waals surface area (Å²) in [6, 6.07) is 6.39. The highest BCUT2D eigenvalue weighted by molar-refractivity contribution is 7.93. The molecule has 0 atom stereocenters. The van der Waals surface area contributed by atoms with E-state index in [4.69, 9.17) is 23.5 Å². The Hall–Kier alpha value is -3.25. The van der Waals surface area contributed by atoms with E-state index in [-0.39, 0.29) is 27.9 Å². The number of rotatable bonds is 7. The zero-order valence-electron chi connectivity index (χ0n) is 17.2. The number of hydrogen-bond donors (Lipinski definition) is 1. The lowest BCUT2D eigenvalue weighted by Gasteiger charge is -2.27. The summed E-state index contributed by atoms with van der Waals surface area (Å²) < 4.78 is 55.4. The molecule has 11 nitrogen and oxygen atoms in total. The van der Waals surface area contributed by atoms with Gasteiger partial charge in [0.1, 0.15) is 28.5 Å². The predicted molar refractivity (Wildman–Crippen MR) is 112 cm³/mol. The smallest absolute Gasteiger partial charge is 0.270 e. The predicted octanol–water partition coefficient (Wildman–Crippen LogP) is 1.89. The normalized spacial score (nSPS) is 14.5. The molecular weight excluding hydrogens is 428 g/mol. The molecule has 0 bridgehead atoms. The Kier molecular flexibility index (Phi) is 5.74. The first kappa shape index (κ1) is 21.0. The summed E-state index contributed by atoms with van der Waals surface area (Å²) in [6.07, 6.45) is 0. The number of nitrogens with one attached hydrogen (secondary N) is 1. The van der Waals surface area contributed by atoms with E-state index in [0.29, 0.717) is 43.3 Å². The highest BCUT2D eigenvalue weighted by atomic mass is 32.2. The van der Waals surface area contributed by atoms with Gasteiger partial charge < -0.3 is 28.4 Å². The topological polar surface area (TPSA) is 125 Å². The lowest BCUT2D eigenvalue weighted by Crippen LogP contribution is -2.36. The van der Waals surface area contributed by atoms with Crippen LogP contribution in [0, 0.1) is 0 Å². The van der Waals surface area contributed by atoms with Crippen molar-refractivity contribution < 1.29 is 31.9 Å². The van der Waals surface area contributed by atoms with Crippen molar-refractivity contribution in [2.75, 3.05) is 57.3 Å². The lowest BCUT2D eigenvalue weighted by atomic mass is 10.3. The molecule has 0 unspecified atom stereocenters. The van der Waals surface area contributed by atoms with Gasteiger partial charge in [0.2, 0.25) is 0 Å². The zero-order valence-corrected chi connectivity index (χ0v) is 18.1. The molecule has 166 valence electrons. The van der Waals surface area contributed by atoms with Crippen LogP contribution in [0.3, 0.4) is 0 Å². The first-order chi connectivity index (χ1) is 15.0. The summed E-state index contributed by atoms with van der Waals surface area (Å²) in [7, 11) is 0.0788. The molecule has 3 aromatic rings. The Balaban J connectivity index is 1.76. The second kappa shape index (κ2) is 8.47.